The van der Waals surface area contributed by atoms with Gasteiger partial charge in [0.15, 0.2) is 0 Å². The van der Waals surface area contributed by atoms with Crippen molar-refractivity contribution in [1.29, 1.82) is 0 Å². The van der Waals surface area contributed by atoms with Crippen molar-refractivity contribution in [2.24, 2.45) is 5.73 Å². The van der Waals surface area contributed by atoms with Crippen molar-refractivity contribution in [3.63, 3.8) is 0 Å². The van der Waals surface area contributed by atoms with Gasteiger partial charge in [0, 0.05) is 12.5 Å². The molecule has 1 unspecified atom stereocenters. The van der Waals surface area contributed by atoms with Crippen LogP contribution in [0.1, 0.15) is 25.1 Å². The summed E-state index contributed by atoms with van der Waals surface area (Å²) in [6.45, 7) is 1.16. The SMILES string of the molecule is CCC(CN)c1nc2ccccc2n1CC(F)(F)F. The van der Waals surface area contributed by atoms with Crippen LogP contribution in [0.4, 0.5) is 13.2 Å². The van der Waals surface area contributed by atoms with E-state index in [1.165, 1.54) is 4.57 Å². The van der Waals surface area contributed by atoms with Crippen LogP contribution in [0.2, 0.25) is 0 Å². The zero-order valence-corrected chi connectivity index (χ0v) is 10.6. The lowest BCUT2D eigenvalue weighted by atomic mass is 10.1. The number of aromatic nitrogens is 2. The normalized spacial score (nSPS) is 13.9. The Labute approximate surface area is 109 Å². The van der Waals surface area contributed by atoms with Gasteiger partial charge in [-0.2, -0.15) is 13.2 Å². The van der Waals surface area contributed by atoms with Gasteiger partial charge in [-0.25, -0.2) is 4.98 Å². The minimum absolute atomic E-state index is 0.158. The Morgan fingerprint density at radius 3 is 2.58 bits per heavy atom. The molecule has 0 spiro atoms. The van der Waals surface area contributed by atoms with E-state index in [1.807, 2.05) is 6.92 Å². The highest BCUT2D eigenvalue weighted by Crippen LogP contribution is 2.27. The maximum atomic E-state index is 12.7. The number of imidazole rings is 1. The molecule has 0 aliphatic rings. The third kappa shape index (κ3) is 2.89. The molecular weight excluding hydrogens is 255 g/mol. The summed E-state index contributed by atoms with van der Waals surface area (Å²) >= 11 is 0. The topological polar surface area (TPSA) is 43.8 Å². The molecule has 2 N–H and O–H groups in total. The molecule has 2 rings (SSSR count). The molecule has 6 heteroatoms. The first kappa shape index (κ1) is 13.9. The van der Waals surface area contributed by atoms with Gasteiger partial charge >= 0.3 is 6.18 Å². The number of benzene rings is 1. The fraction of sp³-hybridized carbons (Fsp3) is 0.462. The summed E-state index contributed by atoms with van der Waals surface area (Å²) < 4.78 is 39.4. The predicted octanol–water partition coefficient (Wildman–Crippen LogP) is 3.05. The summed E-state index contributed by atoms with van der Waals surface area (Å²) in [6.07, 6.45) is -3.61. The Hall–Kier alpha value is -1.56. The molecule has 1 atom stereocenters. The minimum Gasteiger partial charge on any atom is -0.330 e. The summed E-state index contributed by atoms with van der Waals surface area (Å²) in [4.78, 5) is 4.32. The maximum absolute atomic E-state index is 12.7. The number of fused-ring (bicyclic) bond motifs is 1. The van der Waals surface area contributed by atoms with Gasteiger partial charge in [0.05, 0.1) is 11.0 Å². The van der Waals surface area contributed by atoms with E-state index in [1.54, 1.807) is 24.3 Å². The van der Waals surface area contributed by atoms with Crippen molar-refractivity contribution >= 4 is 11.0 Å². The van der Waals surface area contributed by atoms with E-state index in [2.05, 4.69) is 4.98 Å². The van der Waals surface area contributed by atoms with E-state index in [4.69, 9.17) is 5.73 Å². The molecule has 0 aliphatic carbocycles. The van der Waals surface area contributed by atoms with Crippen LogP contribution in [0.25, 0.3) is 11.0 Å². The maximum Gasteiger partial charge on any atom is 0.406 e. The summed E-state index contributed by atoms with van der Waals surface area (Å²) in [5, 5.41) is 0. The van der Waals surface area contributed by atoms with Gasteiger partial charge in [-0.05, 0) is 18.6 Å². The van der Waals surface area contributed by atoms with Crippen molar-refractivity contribution < 1.29 is 13.2 Å². The van der Waals surface area contributed by atoms with E-state index < -0.39 is 12.7 Å². The molecule has 3 nitrogen and oxygen atoms in total. The summed E-state index contributed by atoms with van der Waals surface area (Å²) in [5.41, 5.74) is 6.71. The van der Waals surface area contributed by atoms with Crippen LogP contribution in [0.15, 0.2) is 24.3 Å². The van der Waals surface area contributed by atoms with E-state index in [9.17, 15) is 13.2 Å². The number of hydrogen-bond acceptors (Lipinski definition) is 2. The summed E-state index contributed by atoms with van der Waals surface area (Å²) in [7, 11) is 0. The minimum atomic E-state index is -4.27. The standard InChI is InChI=1S/C13H16F3N3/c1-2-9(7-17)12-18-10-5-3-4-6-11(10)19(12)8-13(14,15)16/h3-6,9H,2,7-8,17H2,1H3. The van der Waals surface area contributed by atoms with Crippen LogP contribution in [0, 0.1) is 0 Å². The van der Waals surface area contributed by atoms with Crippen LogP contribution in [-0.2, 0) is 6.54 Å². The number of nitrogens with zero attached hydrogens (tertiary/aromatic N) is 2. The quantitative estimate of drug-likeness (QED) is 0.928. The van der Waals surface area contributed by atoms with Crippen LogP contribution >= 0.6 is 0 Å². The average Bonchev–Trinajstić information content (AvgIpc) is 2.68. The Bertz CT molecular complexity index is 556. The zero-order chi connectivity index (χ0) is 14.0. The zero-order valence-electron chi connectivity index (χ0n) is 10.6. The first-order valence-corrected chi connectivity index (χ1v) is 6.18. The lowest BCUT2D eigenvalue weighted by Gasteiger charge is -2.16. The van der Waals surface area contributed by atoms with Crippen LogP contribution in [-0.4, -0.2) is 22.3 Å². The summed E-state index contributed by atoms with van der Waals surface area (Å²) in [5.74, 6) is 0.262. The summed E-state index contributed by atoms with van der Waals surface area (Å²) in [6, 6.07) is 6.85. The highest BCUT2D eigenvalue weighted by atomic mass is 19.4. The van der Waals surface area contributed by atoms with E-state index >= 15 is 0 Å². The van der Waals surface area contributed by atoms with Gasteiger partial charge in [-0.15, -0.1) is 0 Å². The molecule has 0 saturated carbocycles. The van der Waals surface area contributed by atoms with E-state index in [0.29, 0.717) is 23.3 Å². The van der Waals surface area contributed by atoms with Crippen molar-refractivity contribution in [1.82, 2.24) is 9.55 Å². The number of nitrogens with two attached hydrogens (primary N) is 1. The van der Waals surface area contributed by atoms with Crippen molar-refractivity contribution in [3.8, 4) is 0 Å². The second-order valence-electron chi connectivity index (χ2n) is 4.50. The molecule has 1 aromatic carbocycles. The van der Waals surface area contributed by atoms with Gasteiger partial charge in [0.25, 0.3) is 0 Å². The fourth-order valence-corrected chi connectivity index (χ4v) is 2.21. The van der Waals surface area contributed by atoms with Crippen LogP contribution < -0.4 is 5.73 Å². The van der Waals surface area contributed by atoms with Crippen LogP contribution in [0.3, 0.4) is 0 Å². The Balaban J connectivity index is 2.58. The number of halogens is 3. The Morgan fingerprint density at radius 1 is 1.32 bits per heavy atom. The van der Waals surface area contributed by atoms with Crippen molar-refractivity contribution in [2.45, 2.75) is 32.0 Å². The fourth-order valence-electron chi connectivity index (χ4n) is 2.21. The number of para-hydroxylation sites is 2. The third-order valence-electron chi connectivity index (χ3n) is 3.16. The monoisotopic (exact) mass is 271 g/mol. The molecule has 0 radical (unpaired) electrons. The first-order chi connectivity index (χ1) is 8.96. The van der Waals surface area contributed by atoms with Crippen molar-refractivity contribution in [2.75, 3.05) is 6.54 Å². The average molecular weight is 271 g/mol. The number of rotatable bonds is 4. The lowest BCUT2D eigenvalue weighted by Crippen LogP contribution is -2.23. The number of alkyl halides is 3. The molecule has 1 heterocycles. The first-order valence-electron chi connectivity index (χ1n) is 6.18. The molecule has 0 bridgehead atoms. The van der Waals surface area contributed by atoms with E-state index in [-0.39, 0.29) is 12.5 Å². The molecule has 104 valence electrons. The molecule has 1 aromatic heterocycles. The molecule has 2 aromatic rings. The van der Waals surface area contributed by atoms with Gasteiger partial charge in [-0.1, -0.05) is 19.1 Å². The van der Waals surface area contributed by atoms with E-state index in [0.717, 1.165) is 0 Å². The van der Waals surface area contributed by atoms with Gasteiger partial charge < -0.3 is 10.3 Å². The smallest absolute Gasteiger partial charge is 0.330 e. The van der Waals surface area contributed by atoms with Gasteiger partial charge in [0.1, 0.15) is 12.4 Å². The molecule has 0 saturated heterocycles. The molecule has 0 fully saturated rings. The predicted molar refractivity (Wildman–Crippen MR) is 67.9 cm³/mol. The van der Waals surface area contributed by atoms with Crippen LogP contribution in [0.5, 0.6) is 0 Å². The second-order valence-corrected chi connectivity index (χ2v) is 4.50. The number of hydrogen-bond donors (Lipinski definition) is 1. The molecule has 0 aliphatic heterocycles. The molecule has 19 heavy (non-hydrogen) atoms. The third-order valence-corrected chi connectivity index (χ3v) is 3.16. The largest absolute Gasteiger partial charge is 0.406 e. The van der Waals surface area contributed by atoms with Gasteiger partial charge in [0.2, 0.25) is 0 Å². The molecule has 0 amide bonds. The highest BCUT2D eigenvalue weighted by molar-refractivity contribution is 5.76. The Morgan fingerprint density at radius 2 is 2.00 bits per heavy atom. The highest BCUT2D eigenvalue weighted by Gasteiger charge is 2.31. The van der Waals surface area contributed by atoms with Crippen molar-refractivity contribution in [3.05, 3.63) is 30.1 Å². The lowest BCUT2D eigenvalue weighted by molar-refractivity contribution is -0.140. The Kier molecular flexibility index (Phi) is 3.80. The van der Waals surface area contributed by atoms with Gasteiger partial charge in [-0.3, -0.25) is 0 Å². The second kappa shape index (κ2) is 5.21. The molecular formula is C13H16F3N3.